The lowest BCUT2D eigenvalue weighted by Gasteiger charge is -2.24. The van der Waals surface area contributed by atoms with E-state index < -0.39 is 0 Å². The Morgan fingerprint density at radius 3 is 2.12 bits per heavy atom. The first-order valence-corrected chi connectivity index (χ1v) is 11.7. The number of benzene rings is 2. The second-order valence-corrected chi connectivity index (χ2v) is 8.77. The van der Waals surface area contributed by atoms with E-state index in [4.69, 9.17) is 0 Å². The minimum absolute atomic E-state index is 0.101. The molecule has 3 rings (SSSR count). The molecule has 2 aromatic carbocycles. The molecule has 2 aromatic rings. The maximum atomic E-state index is 12.6. The van der Waals surface area contributed by atoms with Crippen LogP contribution in [-0.2, 0) is 17.9 Å². The lowest BCUT2D eigenvalue weighted by molar-refractivity contribution is -0.125. The summed E-state index contributed by atoms with van der Waals surface area (Å²) in [4.78, 5) is 19.3. The predicted molar refractivity (Wildman–Crippen MR) is 134 cm³/mol. The maximum absolute atomic E-state index is 12.6. The summed E-state index contributed by atoms with van der Waals surface area (Å²) in [5, 5.41) is 6.52. The third-order valence-electron chi connectivity index (χ3n) is 6.45. The van der Waals surface area contributed by atoms with Crippen LogP contribution in [-0.4, -0.2) is 63.7 Å². The van der Waals surface area contributed by atoms with Crippen LogP contribution >= 0.6 is 0 Å². The van der Waals surface area contributed by atoms with Crippen molar-refractivity contribution in [2.24, 2.45) is 0 Å². The first-order valence-electron chi connectivity index (χ1n) is 11.7. The molecular formula is C26H39N5O. The fourth-order valence-electron chi connectivity index (χ4n) is 4.48. The number of carbonyl (C=O) groups excluding carboxylic acids is 1. The Morgan fingerprint density at radius 2 is 1.56 bits per heavy atom. The van der Waals surface area contributed by atoms with E-state index in [0.717, 1.165) is 39.1 Å². The molecule has 0 saturated carbocycles. The Labute approximate surface area is 193 Å². The summed E-state index contributed by atoms with van der Waals surface area (Å²) < 4.78 is 0. The van der Waals surface area contributed by atoms with Crippen molar-refractivity contribution in [1.29, 1.82) is 0 Å². The van der Waals surface area contributed by atoms with Gasteiger partial charge in [-0.2, -0.15) is 0 Å². The van der Waals surface area contributed by atoms with E-state index in [9.17, 15) is 4.79 Å². The lowest BCUT2D eigenvalue weighted by atomic mass is 10.1. The molecule has 0 spiro atoms. The normalized spacial score (nSPS) is 18.5. The minimum atomic E-state index is -0.101. The number of amides is 1. The molecule has 0 aliphatic carbocycles. The van der Waals surface area contributed by atoms with Gasteiger partial charge in [-0.3, -0.25) is 9.69 Å². The van der Waals surface area contributed by atoms with Crippen LogP contribution in [0, 0.1) is 0 Å². The average Bonchev–Trinajstić information content (AvgIpc) is 3.22. The molecular weight excluding hydrogens is 398 g/mol. The van der Waals surface area contributed by atoms with Crippen LogP contribution in [0.25, 0.3) is 0 Å². The summed E-state index contributed by atoms with van der Waals surface area (Å²) >= 11 is 0. The van der Waals surface area contributed by atoms with Gasteiger partial charge >= 0.3 is 0 Å². The van der Waals surface area contributed by atoms with E-state index in [1.54, 1.807) is 7.05 Å². The highest BCUT2D eigenvalue weighted by Crippen LogP contribution is 2.23. The van der Waals surface area contributed by atoms with Crippen LogP contribution in [0.4, 0.5) is 11.4 Å². The Balaban J connectivity index is 1.61. The van der Waals surface area contributed by atoms with Gasteiger partial charge in [0.1, 0.15) is 0 Å². The number of anilines is 2. The summed E-state index contributed by atoms with van der Waals surface area (Å²) in [5.41, 5.74) is 4.96. The van der Waals surface area contributed by atoms with Crippen LogP contribution in [0.15, 0.2) is 48.5 Å². The zero-order valence-electron chi connectivity index (χ0n) is 20.3. The number of carbonyl (C=O) groups is 1. The molecule has 6 heteroatoms. The van der Waals surface area contributed by atoms with Crippen LogP contribution in [0.1, 0.15) is 31.4 Å². The third kappa shape index (κ3) is 6.02. The van der Waals surface area contributed by atoms with Crippen molar-refractivity contribution in [2.75, 3.05) is 50.6 Å². The van der Waals surface area contributed by atoms with Crippen molar-refractivity contribution in [1.82, 2.24) is 15.5 Å². The zero-order chi connectivity index (χ0) is 23.1. The Morgan fingerprint density at radius 1 is 0.969 bits per heavy atom. The molecule has 2 N–H and O–H groups in total. The minimum Gasteiger partial charge on any atom is -0.378 e. The van der Waals surface area contributed by atoms with Crippen molar-refractivity contribution in [3.63, 3.8) is 0 Å². The number of rotatable bonds is 10. The molecule has 1 heterocycles. The molecule has 6 nitrogen and oxygen atoms in total. The molecule has 1 amide bonds. The Hall–Kier alpha value is -2.57. The van der Waals surface area contributed by atoms with Gasteiger partial charge in [-0.1, -0.05) is 24.3 Å². The van der Waals surface area contributed by atoms with Crippen molar-refractivity contribution in [2.45, 2.75) is 45.4 Å². The van der Waals surface area contributed by atoms with Crippen LogP contribution in [0.5, 0.6) is 0 Å². The number of likely N-dealkylation sites (tertiary alicyclic amines) is 1. The highest BCUT2D eigenvalue weighted by atomic mass is 16.2. The summed E-state index contributed by atoms with van der Waals surface area (Å²) in [6.07, 6.45) is 0.826. The fourth-order valence-corrected chi connectivity index (χ4v) is 4.48. The Kier molecular flexibility index (Phi) is 8.53. The second-order valence-electron chi connectivity index (χ2n) is 8.77. The number of hydrogen-bond acceptors (Lipinski definition) is 5. The van der Waals surface area contributed by atoms with Gasteiger partial charge in [-0.15, -0.1) is 0 Å². The molecule has 174 valence electrons. The summed E-state index contributed by atoms with van der Waals surface area (Å²) in [6, 6.07) is 17.6. The molecule has 1 saturated heterocycles. The molecule has 2 atom stereocenters. The lowest BCUT2D eigenvalue weighted by Crippen LogP contribution is -2.41. The average molecular weight is 438 g/mol. The SMILES string of the molecule is CCN(CC)c1ccc(CN2C[C@@H](NCc3ccc(N(C)C)cc3)C[C@H]2C(=O)NC)cc1. The topological polar surface area (TPSA) is 50.9 Å². The number of likely N-dealkylation sites (N-methyl/N-ethyl adjacent to an activating group) is 1. The Bertz CT molecular complexity index is 846. The molecule has 0 bridgehead atoms. The molecule has 0 unspecified atom stereocenters. The van der Waals surface area contributed by atoms with E-state index in [0.29, 0.717) is 6.04 Å². The largest absolute Gasteiger partial charge is 0.378 e. The first-order chi connectivity index (χ1) is 15.4. The van der Waals surface area contributed by atoms with Crippen molar-refractivity contribution in [3.05, 3.63) is 59.7 Å². The molecule has 32 heavy (non-hydrogen) atoms. The van der Waals surface area contributed by atoms with Gasteiger partial charge in [0.15, 0.2) is 0 Å². The van der Waals surface area contributed by atoms with E-state index in [1.165, 1.54) is 22.5 Å². The third-order valence-corrected chi connectivity index (χ3v) is 6.45. The molecule has 0 aromatic heterocycles. The number of nitrogens with zero attached hydrogens (tertiary/aromatic N) is 3. The predicted octanol–water partition coefficient (Wildman–Crippen LogP) is 3.08. The van der Waals surface area contributed by atoms with Crippen LogP contribution in [0.2, 0.25) is 0 Å². The summed E-state index contributed by atoms with van der Waals surface area (Å²) in [7, 11) is 5.83. The summed E-state index contributed by atoms with van der Waals surface area (Å²) in [5.74, 6) is 0.101. The molecule has 1 fully saturated rings. The van der Waals surface area contributed by atoms with Crippen molar-refractivity contribution >= 4 is 17.3 Å². The molecule has 1 aliphatic rings. The van der Waals surface area contributed by atoms with E-state index in [-0.39, 0.29) is 11.9 Å². The van der Waals surface area contributed by atoms with Gasteiger partial charge in [-0.05, 0) is 55.7 Å². The number of nitrogens with one attached hydrogen (secondary N) is 2. The fraction of sp³-hybridized carbons (Fsp3) is 0.500. The highest BCUT2D eigenvalue weighted by molar-refractivity contribution is 5.81. The van der Waals surface area contributed by atoms with Gasteiger partial charge < -0.3 is 20.4 Å². The quantitative estimate of drug-likeness (QED) is 0.598. The van der Waals surface area contributed by atoms with Crippen LogP contribution < -0.4 is 20.4 Å². The van der Waals surface area contributed by atoms with Gasteiger partial charge in [0, 0.05) is 71.3 Å². The smallest absolute Gasteiger partial charge is 0.237 e. The summed E-state index contributed by atoms with van der Waals surface area (Å²) in [6.45, 7) is 8.83. The second kappa shape index (κ2) is 11.3. The van der Waals surface area contributed by atoms with Crippen molar-refractivity contribution in [3.8, 4) is 0 Å². The monoisotopic (exact) mass is 437 g/mol. The first kappa shape index (κ1) is 24.1. The molecule has 1 aliphatic heterocycles. The van der Waals surface area contributed by atoms with E-state index in [2.05, 4.69) is 102 Å². The standard InChI is InChI=1S/C26H39N5O/c1-6-30(7-2)24-14-10-21(11-15-24)18-31-19-22(16-25(31)26(32)27-3)28-17-20-8-12-23(13-9-20)29(4)5/h8-15,22,25,28H,6-7,16-19H2,1-5H3,(H,27,32)/t22-,25-/m0/s1. The maximum Gasteiger partial charge on any atom is 0.237 e. The highest BCUT2D eigenvalue weighted by Gasteiger charge is 2.36. The van der Waals surface area contributed by atoms with E-state index in [1.807, 2.05) is 0 Å². The zero-order valence-corrected chi connectivity index (χ0v) is 20.3. The number of hydrogen-bond donors (Lipinski definition) is 2. The van der Waals surface area contributed by atoms with Gasteiger partial charge in [0.25, 0.3) is 0 Å². The van der Waals surface area contributed by atoms with Gasteiger partial charge in [0.2, 0.25) is 5.91 Å². The van der Waals surface area contributed by atoms with Gasteiger partial charge in [0.05, 0.1) is 6.04 Å². The van der Waals surface area contributed by atoms with E-state index >= 15 is 0 Å². The van der Waals surface area contributed by atoms with Crippen LogP contribution in [0.3, 0.4) is 0 Å². The van der Waals surface area contributed by atoms with Crippen molar-refractivity contribution < 1.29 is 4.79 Å². The van der Waals surface area contributed by atoms with Gasteiger partial charge in [-0.25, -0.2) is 0 Å². The molecule has 0 radical (unpaired) electrons.